The van der Waals surface area contributed by atoms with E-state index in [9.17, 15) is 0 Å². The van der Waals surface area contributed by atoms with Crippen LogP contribution in [0.1, 0.15) is 26.2 Å². The highest BCUT2D eigenvalue weighted by molar-refractivity contribution is 5.38. The number of anilines is 1. The van der Waals surface area contributed by atoms with Crippen molar-refractivity contribution in [3.63, 3.8) is 0 Å². The van der Waals surface area contributed by atoms with Crippen LogP contribution in [0.4, 0.5) is 5.82 Å². The molecule has 1 aliphatic heterocycles. The molecule has 2 aliphatic rings. The lowest BCUT2D eigenvalue weighted by Gasteiger charge is -2.46. The van der Waals surface area contributed by atoms with Crippen molar-refractivity contribution in [3.05, 3.63) is 24.4 Å². The number of piperazine rings is 1. The van der Waals surface area contributed by atoms with E-state index in [0.29, 0.717) is 0 Å². The van der Waals surface area contributed by atoms with Gasteiger partial charge in [0.15, 0.2) is 0 Å². The Bertz CT molecular complexity index is 423. The summed E-state index contributed by atoms with van der Waals surface area (Å²) in [5, 5.41) is 0. The molecule has 0 bridgehead atoms. The van der Waals surface area contributed by atoms with Crippen molar-refractivity contribution in [2.75, 3.05) is 37.6 Å². The summed E-state index contributed by atoms with van der Waals surface area (Å²) in [5.74, 6) is 2.03. The molecule has 0 amide bonds. The first kappa shape index (κ1) is 13.8. The van der Waals surface area contributed by atoms with Crippen LogP contribution in [-0.2, 0) is 0 Å². The first-order valence-electron chi connectivity index (χ1n) is 7.82. The third-order valence-electron chi connectivity index (χ3n) is 4.88. The second-order valence-corrected chi connectivity index (χ2v) is 6.51. The lowest BCUT2D eigenvalue weighted by atomic mass is 9.92. The summed E-state index contributed by atoms with van der Waals surface area (Å²) >= 11 is 0. The predicted octanol–water partition coefficient (Wildman–Crippen LogP) is 1.72. The zero-order valence-corrected chi connectivity index (χ0v) is 12.5. The van der Waals surface area contributed by atoms with Crippen molar-refractivity contribution >= 4 is 5.82 Å². The minimum atomic E-state index is 0.192. The quantitative estimate of drug-likeness (QED) is 0.888. The standard InChI is InChI=1S/C16H26N4/c1-16(13-17,12-14-5-6-14)20-10-8-19(9-11-20)15-4-2-3-7-18-15/h2-4,7,14H,5-6,8-13,17H2,1H3. The molecule has 1 aliphatic carbocycles. The largest absolute Gasteiger partial charge is 0.354 e. The smallest absolute Gasteiger partial charge is 0.128 e. The summed E-state index contributed by atoms with van der Waals surface area (Å²) < 4.78 is 0. The van der Waals surface area contributed by atoms with Crippen molar-refractivity contribution in [2.24, 2.45) is 11.7 Å². The van der Waals surface area contributed by atoms with Crippen LogP contribution < -0.4 is 10.6 Å². The van der Waals surface area contributed by atoms with Gasteiger partial charge >= 0.3 is 0 Å². The van der Waals surface area contributed by atoms with Gasteiger partial charge in [0.05, 0.1) is 0 Å². The van der Waals surface area contributed by atoms with Crippen molar-refractivity contribution in [3.8, 4) is 0 Å². The maximum atomic E-state index is 6.09. The molecule has 0 radical (unpaired) electrons. The van der Waals surface area contributed by atoms with Gasteiger partial charge in [-0.2, -0.15) is 0 Å². The average molecular weight is 274 g/mol. The molecule has 1 aromatic rings. The highest BCUT2D eigenvalue weighted by Crippen LogP contribution is 2.38. The molecule has 1 aromatic heterocycles. The number of rotatable bonds is 5. The first-order chi connectivity index (χ1) is 9.71. The molecule has 4 nitrogen and oxygen atoms in total. The molecular weight excluding hydrogens is 248 g/mol. The van der Waals surface area contributed by atoms with Crippen LogP contribution in [-0.4, -0.2) is 48.1 Å². The molecule has 1 saturated heterocycles. The van der Waals surface area contributed by atoms with Crippen LogP contribution in [0.5, 0.6) is 0 Å². The molecule has 2 fully saturated rings. The maximum Gasteiger partial charge on any atom is 0.128 e. The van der Waals surface area contributed by atoms with Gasteiger partial charge in [0.25, 0.3) is 0 Å². The second-order valence-electron chi connectivity index (χ2n) is 6.51. The molecule has 1 atom stereocenters. The number of nitrogens with zero attached hydrogens (tertiary/aromatic N) is 3. The fourth-order valence-electron chi connectivity index (χ4n) is 3.30. The molecular formula is C16H26N4. The van der Waals surface area contributed by atoms with Gasteiger partial charge in [-0.25, -0.2) is 4.98 Å². The molecule has 2 heterocycles. The van der Waals surface area contributed by atoms with E-state index in [1.165, 1.54) is 19.3 Å². The molecule has 1 saturated carbocycles. The van der Waals surface area contributed by atoms with Crippen LogP contribution >= 0.6 is 0 Å². The normalized spacial score (nSPS) is 23.6. The number of aromatic nitrogens is 1. The minimum Gasteiger partial charge on any atom is -0.354 e. The molecule has 0 spiro atoms. The zero-order chi connectivity index (χ0) is 14.0. The van der Waals surface area contributed by atoms with Gasteiger partial charge in [-0.3, -0.25) is 4.90 Å². The Hall–Kier alpha value is -1.13. The molecule has 110 valence electrons. The summed E-state index contributed by atoms with van der Waals surface area (Å²) in [5.41, 5.74) is 6.28. The summed E-state index contributed by atoms with van der Waals surface area (Å²) in [6.45, 7) is 7.41. The van der Waals surface area contributed by atoms with Gasteiger partial charge in [0, 0.05) is 44.5 Å². The highest BCUT2D eigenvalue weighted by Gasteiger charge is 2.38. The number of pyridine rings is 1. The number of hydrogen-bond acceptors (Lipinski definition) is 4. The zero-order valence-electron chi connectivity index (χ0n) is 12.5. The maximum absolute atomic E-state index is 6.09. The monoisotopic (exact) mass is 274 g/mol. The van der Waals surface area contributed by atoms with E-state index in [0.717, 1.165) is 44.5 Å². The predicted molar refractivity (Wildman–Crippen MR) is 82.8 cm³/mol. The Labute approximate surface area is 122 Å². The Morgan fingerprint density at radius 1 is 1.25 bits per heavy atom. The van der Waals surface area contributed by atoms with Crippen LogP contribution in [0.2, 0.25) is 0 Å². The van der Waals surface area contributed by atoms with Crippen molar-refractivity contribution in [1.29, 1.82) is 0 Å². The van der Waals surface area contributed by atoms with Crippen LogP contribution in [0.15, 0.2) is 24.4 Å². The fourth-order valence-corrected chi connectivity index (χ4v) is 3.30. The minimum absolute atomic E-state index is 0.192. The lowest BCUT2D eigenvalue weighted by Crippen LogP contribution is -2.59. The van der Waals surface area contributed by atoms with E-state index in [1.807, 2.05) is 12.3 Å². The molecule has 4 heteroatoms. The SMILES string of the molecule is CC(CN)(CC1CC1)N1CCN(c2ccccn2)CC1. The van der Waals surface area contributed by atoms with Crippen LogP contribution in [0.3, 0.4) is 0 Å². The van der Waals surface area contributed by atoms with Crippen LogP contribution in [0, 0.1) is 5.92 Å². The van der Waals surface area contributed by atoms with Crippen molar-refractivity contribution in [1.82, 2.24) is 9.88 Å². The van der Waals surface area contributed by atoms with E-state index in [4.69, 9.17) is 5.73 Å². The molecule has 3 rings (SSSR count). The summed E-state index contributed by atoms with van der Waals surface area (Å²) in [6.07, 6.45) is 5.96. The van der Waals surface area contributed by atoms with E-state index in [2.05, 4.69) is 33.8 Å². The highest BCUT2D eigenvalue weighted by atomic mass is 15.3. The Morgan fingerprint density at radius 3 is 2.55 bits per heavy atom. The summed E-state index contributed by atoms with van der Waals surface area (Å²) in [6, 6.07) is 6.13. The van der Waals surface area contributed by atoms with Crippen molar-refractivity contribution < 1.29 is 0 Å². The third kappa shape index (κ3) is 2.96. The topological polar surface area (TPSA) is 45.4 Å². The fraction of sp³-hybridized carbons (Fsp3) is 0.688. The van der Waals surface area contributed by atoms with Gasteiger partial charge in [0.1, 0.15) is 5.82 Å². The number of hydrogen-bond donors (Lipinski definition) is 1. The van der Waals surface area contributed by atoms with E-state index in [-0.39, 0.29) is 5.54 Å². The van der Waals surface area contributed by atoms with E-state index < -0.39 is 0 Å². The molecule has 20 heavy (non-hydrogen) atoms. The Kier molecular flexibility index (Phi) is 3.94. The molecule has 1 unspecified atom stereocenters. The van der Waals surface area contributed by atoms with Crippen LogP contribution in [0.25, 0.3) is 0 Å². The Balaban J connectivity index is 1.59. The Morgan fingerprint density at radius 2 is 2.00 bits per heavy atom. The average Bonchev–Trinajstić information content (AvgIpc) is 3.32. The number of nitrogens with two attached hydrogens (primary N) is 1. The first-order valence-corrected chi connectivity index (χ1v) is 7.82. The lowest BCUT2D eigenvalue weighted by molar-refractivity contribution is 0.0888. The van der Waals surface area contributed by atoms with Gasteiger partial charge in [-0.15, -0.1) is 0 Å². The van der Waals surface area contributed by atoms with Gasteiger partial charge in [-0.1, -0.05) is 18.9 Å². The van der Waals surface area contributed by atoms with Gasteiger partial charge < -0.3 is 10.6 Å². The molecule has 0 aromatic carbocycles. The van der Waals surface area contributed by atoms with E-state index in [1.54, 1.807) is 0 Å². The van der Waals surface area contributed by atoms with Gasteiger partial charge in [0.2, 0.25) is 0 Å². The van der Waals surface area contributed by atoms with E-state index >= 15 is 0 Å². The summed E-state index contributed by atoms with van der Waals surface area (Å²) in [7, 11) is 0. The third-order valence-corrected chi connectivity index (χ3v) is 4.88. The molecule has 2 N–H and O–H groups in total. The summed E-state index contributed by atoms with van der Waals surface area (Å²) in [4.78, 5) is 9.43. The van der Waals surface area contributed by atoms with Crippen molar-refractivity contribution in [2.45, 2.75) is 31.7 Å². The second kappa shape index (κ2) is 5.70. The van der Waals surface area contributed by atoms with Gasteiger partial charge in [-0.05, 0) is 31.4 Å².